The second-order valence-corrected chi connectivity index (χ2v) is 5.73. The summed E-state index contributed by atoms with van der Waals surface area (Å²) in [5.74, 6) is -0.189. The molecule has 20 heavy (non-hydrogen) atoms. The van der Waals surface area contributed by atoms with E-state index in [9.17, 15) is 4.39 Å². The maximum Gasteiger partial charge on any atom is 0.124 e. The van der Waals surface area contributed by atoms with Crippen LogP contribution >= 0.6 is 11.8 Å². The van der Waals surface area contributed by atoms with E-state index in [1.165, 1.54) is 16.5 Å². The highest BCUT2D eigenvalue weighted by atomic mass is 32.2. The molecule has 3 heteroatoms. The summed E-state index contributed by atoms with van der Waals surface area (Å²) in [4.78, 5) is 2.12. The van der Waals surface area contributed by atoms with Gasteiger partial charge in [-0.2, -0.15) is 0 Å². The van der Waals surface area contributed by atoms with Crippen LogP contribution in [-0.4, -0.2) is 6.54 Å². The molecule has 106 valence electrons. The summed E-state index contributed by atoms with van der Waals surface area (Å²) in [7, 11) is 0. The van der Waals surface area contributed by atoms with Crippen molar-refractivity contribution in [3.8, 4) is 0 Å². The third-order valence-corrected chi connectivity index (χ3v) is 4.26. The number of hydrogen-bond acceptors (Lipinski definition) is 2. The van der Waals surface area contributed by atoms with Crippen LogP contribution in [0.3, 0.4) is 0 Å². The predicted molar refractivity (Wildman–Crippen MR) is 83.7 cm³/mol. The summed E-state index contributed by atoms with van der Waals surface area (Å²) < 4.78 is 13.3. The van der Waals surface area contributed by atoms with Gasteiger partial charge >= 0.3 is 0 Å². The molecule has 0 saturated carbocycles. The monoisotopic (exact) mass is 289 g/mol. The Bertz CT molecular complexity index is 556. The molecule has 0 fully saturated rings. The molecule has 0 saturated heterocycles. The van der Waals surface area contributed by atoms with Gasteiger partial charge in [0.05, 0.1) is 0 Å². The first-order valence-corrected chi connectivity index (χ1v) is 7.82. The van der Waals surface area contributed by atoms with Gasteiger partial charge < -0.3 is 5.32 Å². The van der Waals surface area contributed by atoms with E-state index in [4.69, 9.17) is 0 Å². The van der Waals surface area contributed by atoms with Gasteiger partial charge in [0.2, 0.25) is 0 Å². The van der Waals surface area contributed by atoms with E-state index in [2.05, 4.69) is 37.4 Å². The second kappa shape index (κ2) is 7.46. The number of benzene rings is 2. The van der Waals surface area contributed by atoms with Gasteiger partial charge in [-0.15, -0.1) is 0 Å². The van der Waals surface area contributed by atoms with Gasteiger partial charge in [0, 0.05) is 15.8 Å². The van der Waals surface area contributed by atoms with Crippen LogP contribution in [0, 0.1) is 5.82 Å². The van der Waals surface area contributed by atoms with Crippen molar-refractivity contribution in [2.24, 2.45) is 0 Å². The second-order valence-electron chi connectivity index (χ2n) is 4.62. The maximum absolute atomic E-state index is 13.3. The molecule has 1 N–H and O–H groups in total. The molecule has 0 heterocycles. The van der Waals surface area contributed by atoms with Crippen LogP contribution in [0.2, 0.25) is 0 Å². The number of halogens is 1. The molecule has 0 aliphatic rings. The Morgan fingerprint density at radius 2 is 1.90 bits per heavy atom. The number of rotatable bonds is 6. The summed E-state index contributed by atoms with van der Waals surface area (Å²) >= 11 is 1.62. The summed E-state index contributed by atoms with van der Waals surface area (Å²) in [5.41, 5.74) is 1.28. The van der Waals surface area contributed by atoms with Crippen LogP contribution < -0.4 is 5.32 Å². The number of hydrogen-bond donors (Lipinski definition) is 1. The van der Waals surface area contributed by atoms with Gasteiger partial charge in [-0.25, -0.2) is 4.39 Å². The van der Waals surface area contributed by atoms with E-state index in [0.29, 0.717) is 6.04 Å². The Morgan fingerprint density at radius 1 is 1.10 bits per heavy atom. The third-order valence-electron chi connectivity index (χ3n) is 3.18. The normalized spacial score (nSPS) is 12.3. The van der Waals surface area contributed by atoms with Crippen LogP contribution in [0.15, 0.2) is 58.3 Å². The van der Waals surface area contributed by atoms with Crippen LogP contribution in [0.4, 0.5) is 4.39 Å². The molecule has 1 unspecified atom stereocenters. The van der Waals surface area contributed by atoms with Crippen molar-refractivity contribution in [3.05, 3.63) is 59.9 Å². The quantitative estimate of drug-likeness (QED) is 0.799. The van der Waals surface area contributed by atoms with Gasteiger partial charge in [-0.1, -0.05) is 49.9 Å². The highest BCUT2D eigenvalue weighted by molar-refractivity contribution is 7.99. The van der Waals surface area contributed by atoms with E-state index < -0.39 is 0 Å². The average Bonchev–Trinajstić information content (AvgIpc) is 2.46. The van der Waals surface area contributed by atoms with Crippen molar-refractivity contribution in [1.29, 1.82) is 0 Å². The molecule has 2 rings (SSSR count). The van der Waals surface area contributed by atoms with Crippen molar-refractivity contribution in [2.45, 2.75) is 36.1 Å². The molecular weight excluding hydrogens is 269 g/mol. The zero-order valence-electron chi connectivity index (χ0n) is 11.9. The summed E-state index contributed by atoms with van der Waals surface area (Å²) in [6.07, 6.45) is 1.04. The van der Waals surface area contributed by atoms with Crippen LogP contribution in [-0.2, 0) is 0 Å². The van der Waals surface area contributed by atoms with E-state index >= 15 is 0 Å². The molecule has 0 amide bonds. The molecular formula is C17H20FNS. The van der Waals surface area contributed by atoms with Gasteiger partial charge in [0.15, 0.2) is 0 Å². The van der Waals surface area contributed by atoms with Crippen molar-refractivity contribution in [2.75, 3.05) is 6.54 Å². The molecule has 1 atom stereocenters. The maximum atomic E-state index is 13.3. The fourth-order valence-corrected chi connectivity index (χ4v) is 3.29. The van der Waals surface area contributed by atoms with Crippen molar-refractivity contribution in [3.63, 3.8) is 0 Å². The molecule has 1 nitrogen and oxygen atoms in total. The topological polar surface area (TPSA) is 12.0 Å². The fraction of sp³-hybridized carbons (Fsp3) is 0.294. The molecule has 0 bridgehead atoms. The van der Waals surface area contributed by atoms with Crippen molar-refractivity contribution in [1.82, 2.24) is 5.32 Å². The SMILES string of the molecule is CCNC(CC)c1ccccc1Sc1cccc(F)c1. The Kier molecular flexibility index (Phi) is 5.62. The molecule has 0 aliphatic heterocycles. The average molecular weight is 289 g/mol. The molecule has 0 radical (unpaired) electrons. The van der Waals surface area contributed by atoms with Gasteiger partial charge in [0.25, 0.3) is 0 Å². The lowest BCUT2D eigenvalue weighted by molar-refractivity contribution is 0.530. The van der Waals surface area contributed by atoms with E-state index in [0.717, 1.165) is 17.9 Å². The van der Waals surface area contributed by atoms with Crippen molar-refractivity contribution >= 4 is 11.8 Å². The number of nitrogens with one attached hydrogen (secondary N) is 1. The lowest BCUT2D eigenvalue weighted by Gasteiger charge is -2.19. The van der Waals surface area contributed by atoms with Crippen molar-refractivity contribution < 1.29 is 4.39 Å². The van der Waals surface area contributed by atoms with Crippen LogP contribution in [0.1, 0.15) is 31.9 Å². The molecule has 2 aromatic carbocycles. The summed E-state index contributed by atoms with van der Waals surface area (Å²) in [6, 6.07) is 15.4. The van der Waals surface area contributed by atoms with E-state index in [-0.39, 0.29) is 5.82 Å². The molecule has 0 aliphatic carbocycles. The zero-order valence-corrected chi connectivity index (χ0v) is 12.7. The lowest BCUT2D eigenvalue weighted by Crippen LogP contribution is -2.20. The Morgan fingerprint density at radius 3 is 2.60 bits per heavy atom. The van der Waals surface area contributed by atoms with E-state index in [1.54, 1.807) is 23.9 Å². The first-order chi connectivity index (χ1) is 9.74. The standard InChI is InChI=1S/C17H20FNS/c1-3-16(19-4-2)15-10-5-6-11-17(15)20-14-9-7-8-13(18)12-14/h5-12,16,19H,3-4H2,1-2H3. The van der Waals surface area contributed by atoms with Crippen LogP contribution in [0.5, 0.6) is 0 Å². The summed E-state index contributed by atoms with van der Waals surface area (Å²) in [6.45, 7) is 5.24. The first kappa shape index (κ1) is 15.1. The highest BCUT2D eigenvalue weighted by Crippen LogP contribution is 2.34. The third kappa shape index (κ3) is 3.84. The zero-order chi connectivity index (χ0) is 14.4. The predicted octanol–water partition coefficient (Wildman–Crippen LogP) is 5.04. The Labute approximate surface area is 124 Å². The smallest absolute Gasteiger partial charge is 0.124 e. The molecule has 0 spiro atoms. The fourth-order valence-electron chi connectivity index (χ4n) is 2.24. The Hall–Kier alpha value is -1.32. The minimum absolute atomic E-state index is 0.189. The van der Waals surface area contributed by atoms with Gasteiger partial charge in [0.1, 0.15) is 5.82 Å². The Balaban J connectivity index is 2.27. The first-order valence-electron chi connectivity index (χ1n) is 7.00. The van der Waals surface area contributed by atoms with E-state index in [1.807, 2.05) is 12.1 Å². The minimum atomic E-state index is -0.189. The van der Waals surface area contributed by atoms with Crippen LogP contribution in [0.25, 0.3) is 0 Å². The largest absolute Gasteiger partial charge is 0.310 e. The van der Waals surface area contributed by atoms with Gasteiger partial charge in [-0.05, 0) is 42.8 Å². The summed E-state index contributed by atoms with van der Waals surface area (Å²) in [5, 5.41) is 3.50. The minimum Gasteiger partial charge on any atom is -0.310 e. The molecule has 2 aromatic rings. The molecule has 0 aromatic heterocycles. The lowest BCUT2D eigenvalue weighted by atomic mass is 10.0. The van der Waals surface area contributed by atoms with Gasteiger partial charge in [-0.3, -0.25) is 0 Å². The highest BCUT2D eigenvalue weighted by Gasteiger charge is 2.13.